The second-order valence-electron chi connectivity index (χ2n) is 4.76. The van der Waals surface area contributed by atoms with Crippen LogP contribution in [0.2, 0.25) is 0 Å². The molecule has 1 aromatic rings. The molecule has 0 aliphatic heterocycles. The average molecular weight is 232 g/mol. The number of nitrogens with one attached hydrogen (secondary N) is 1. The van der Waals surface area contributed by atoms with E-state index in [9.17, 15) is 4.79 Å². The van der Waals surface area contributed by atoms with Crippen molar-refractivity contribution in [1.82, 2.24) is 5.43 Å². The molecule has 92 valence electrons. The predicted molar refractivity (Wildman–Crippen MR) is 71.2 cm³/mol. The lowest BCUT2D eigenvalue weighted by atomic mass is 10.1. The third kappa shape index (κ3) is 4.81. The monoisotopic (exact) mass is 232 g/mol. The highest BCUT2D eigenvalue weighted by molar-refractivity contribution is 5.95. The van der Waals surface area contributed by atoms with Crippen LogP contribution < -0.4 is 5.43 Å². The highest BCUT2D eigenvalue weighted by atomic mass is 16.2. The summed E-state index contributed by atoms with van der Waals surface area (Å²) in [7, 11) is 0. The SMILES string of the molecule is C/C(CC(C)C)=N\NC(=O)c1cccc(C)c1. The minimum Gasteiger partial charge on any atom is -0.267 e. The number of carbonyl (C=O) groups is 1. The van der Waals surface area contributed by atoms with E-state index >= 15 is 0 Å². The van der Waals surface area contributed by atoms with Gasteiger partial charge in [0.1, 0.15) is 0 Å². The average Bonchev–Trinajstić information content (AvgIpc) is 2.25. The Balaban J connectivity index is 2.61. The zero-order chi connectivity index (χ0) is 12.8. The van der Waals surface area contributed by atoms with Gasteiger partial charge in [0, 0.05) is 11.3 Å². The van der Waals surface area contributed by atoms with E-state index < -0.39 is 0 Å². The molecule has 1 amide bonds. The molecule has 0 aliphatic carbocycles. The van der Waals surface area contributed by atoms with Crippen molar-refractivity contribution in [3.63, 3.8) is 0 Å². The summed E-state index contributed by atoms with van der Waals surface area (Å²) < 4.78 is 0. The van der Waals surface area contributed by atoms with E-state index in [2.05, 4.69) is 24.4 Å². The van der Waals surface area contributed by atoms with Gasteiger partial charge in [-0.25, -0.2) is 5.43 Å². The highest BCUT2D eigenvalue weighted by Crippen LogP contribution is 2.04. The molecular formula is C14H20N2O. The van der Waals surface area contributed by atoms with Gasteiger partial charge < -0.3 is 0 Å². The molecule has 0 saturated heterocycles. The second kappa shape index (κ2) is 6.18. The van der Waals surface area contributed by atoms with Crippen LogP contribution in [0.5, 0.6) is 0 Å². The predicted octanol–water partition coefficient (Wildman–Crippen LogP) is 3.15. The minimum atomic E-state index is -0.156. The van der Waals surface area contributed by atoms with Crippen molar-refractivity contribution in [3.05, 3.63) is 35.4 Å². The van der Waals surface area contributed by atoms with Gasteiger partial charge in [0.25, 0.3) is 5.91 Å². The van der Waals surface area contributed by atoms with Crippen LogP contribution in [0.1, 0.15) is 43.1 Å². The summed E-state index contributed by atoms with van der Waals surface area (Å²) in [5.41, 5.74) is 5.24. The highest BCUT2D eigenvalue weighted by Gasteiger charge is 2.04. The van der Waals surface area contributed by atoms with Gasteiger partial charge in [-0.1, -0.05) is 31.5 Å². The lowest BCUT2D eigenvalue weighted by Crippen LogP contribution is -2.19. The largest absolute Gasteiger partial charge is 0.271 e. The molecule has 0 saturated carbocycles. The fourth-order valence-corrected chi connectivity index (χ4v) is 1.63. The maximum atomic E-state index is 11.8. The quantitative estimate of drug-likeness (QED) is 0.629. The van der Waals surface area contributed by atoms with Crippen LogP contribution in [0.4, 0.5) is 0 Å². The number of aryl methyl sites for hydroxylation is 1. The Labute approximate surface area is 103 Å². The summed E-state index contributed by atoms with van der Waals surface area (Å²) in [6, 6.07) is 7.47. The van der Waals surface area contributed by atoms with Crippen molar-refractivity contribution < 1.29 is 4.79 Å². The zero-order valence-electron chi connectivity index (χ0n) is 10.9. The molecule has 3 heteroatoms. The molecule has 0 aromatic heterocycles. The van der Waals surface area contributed by atoms with Crippen molar-refractivity contribution >= 4 is 11.6 Å². The number of benzene rings is 1. The Morgan fingerprint density at radius 2 is 2.12 bits per heavy atom. The first kappa shape index (κ1) is 13.4. The van der Waals surface area contributed by atoms with Gasteiger partial charge in [-0.05, 0) is 38.3 Å². The van der Waals surface area contributed by atoms with Crippen LogP contribution >= 0.6 is 0 Å². The molecule has 0 unspecified atom stereocenters. The van der Waals surface area contributed by atoms with Gasteiger partial charge in [0.15, 0.2) is 0 Å². The molecule has 0 atom stereocenters. The number of hydrazone groups is 1. The van der Waals surface area contributed by atoms with Crippen LogP contribution in [-0.4, -0.2) is 11.6 Å². The van der Waals surface area contributed by atoms with E-state index in [1.165, 1.54) is 0 Å². The molecule has 0 heterocycles. The van der Waals surface area contributed by atoms with Gasteiger partial charge in [-0.3, -0.25) is 4.79 Å². The lowest BCUT2D eigenvalue weighted by Gasteiger charge is -2.05. The first-order chi connectivity index (χ1) is 7.99. The van der Waals surface area contributed by atoms with Crippen molar-refractivity contribution in [2.24, 2.45) is 11.0 Å². The van der Waals surface area contributed by atoms with Gasteiger partial charge in [0.05, 0.1) is 0 Å². The third-order valence-corrected chi connectivity index (χ3v) is 2.33. The van der Waals surface area contributed by atoms with Crippen molar-refractivity contribution in [2.45, 2.75) is 34.1 Å². The molecule has 0 spiro atoms. The summed E-state index contributed by atoms with van der Waals surface area (Å²) in [5.74, 6) is 0.395. The molecule has 3 nitrogen and oxygen atoms in total. The third-order valence-electron chi connectivity index (χ3n) is 2.33. The summed E-state index contributed by atoms with van der Waals surface area (Å²) in [4.78, 5) is 11.8. The van der Waals surface area contributed by atoms with Crippen LogP contribution in [0.25, 0.3) is 0 Å². The van der Waals surface area contributed by atoms with Crippen molar-refractivity contribution in [2.75, 3.05) is 0 Å². The number of rotatable bonds is 4. The van der Waals surface area contributed by atoms with Crippen LogP contribution in [0.3, 0.4) is 0 Å². The second-order valence-corrected chi connectivity index (χ2v) is 4.76. The van der Waals surface area contributed by atoms with Gasteiger partial charge in [0.2, 0.25) is 0 Å². The van der Waals surface area contributed by atoms with Crippen molar-refractivity contribution in [1.29, 1.82) is 0 Å². The van der Waals surface area contributed by atoms with Gasteiger partial charge in [-0.15, -0.1) is 0 Å². The molecule has 1 aromatic carbocycles. The summed E-state index contributed by atoms with van der Waals surface area (Å²) >= 11 is 0. The van der Waals surface area contributed by atoms with Crippen molar-refractivity contribution in [3.8, 4) is 0 Å². The van der Waals surface area contributed by atoms with E-state index in [4.69, 9.17) is 0 Å². The number of hydrogen-bond acceptors (Lipinski definition) is 2. The molecule has 0 bridgehead atoms. The summed E-state index contributed by atoms with van der Waals surface area (Å²) in [6.45, 7) is 8.14. The fourth-order valence-electron chi connectivity index (χ4n) is 1.63. The molecule has 1 rings (SSSR count). The molecule has 0 fully saturated rings. The first-order valence-electron chi connectivity index (χ1n) is 5.89. The normalized spacial score (nSPS) is 11.7. The van der Waals surface area contributed by atoms with E-state index in [-0.39, 0.29) is 5.91 Å². The number of hydrogen-bond donors (Lipinski definition) is 1. The molecular weight excluding hydrogens is 212 g/mol. The molecule has 0 radical (unpaired) electrons. The Bertz CT molecular complexity index is 422. The van der Waals surface area contributed by atoms with E-state index in [0.29, 0.717) is 11.5 Å². The Hall–Kier alpha value is -1.64. The Kier molecular flexibility index (Phi) is 4.88. The van der Waals surface area contributed by atoms with Crippen LogP contribution in [0, 0.1) is 12.8 Å². The smallest absolute Gasteiger partial charge is 0.267 e. The topological polar surface area (TPSA) is 41.5 Å². The minimum absolute atomic E-state index is 0.156. The lowest BCUT2D eigenvalue weighted by molar-refractivity contribution is 0.0954. The number of amides is 1. The standard InChI is InChI=1S/C14H20N2O/c1-10(2)8-12(4)15-16-14(17)13-7-5-6-11(3)9-13/h5-7,9-10H,8H2,1-4H3,(H,16,17)/b15-12+. The molecule has 1 N–H and O–H groups in total. The fraction of sp³-hybridized carbons (Fsp3) is 0.429. The summed E-state index contributed by atoms with van der Waals surface area (Å²) in [5, 5.41) is 4.09. The summed E-state index contributed by atoms with van der Waals surface area (Å²) in [6.07, 6.45) is 0.897. The maximum Gasteiger partial charge on any atom is 0.271 e. The number of nitrogens with zero attached hydrogens (tertiary/aromatic N) is 1. The first-order valence-corrected chi connectivity index (χ1v) is 5.89. The zero-order valence-corrected chi connectivity index (χ0v) is 10.9. The van der Waals surface area contributed by atoms with E-state index in [0.717, 1.165) is 17.7 Å². The molecule has 0 aliphatic rings. The Morgan fingerprint density at radius 1 is 1.41 bits per heavy atom. The van der Waals surface area contributed by atoms with Crippen LogP contribution in [-0.2, 0) is 0 Å². The van der Waals surface area contributed by atoms with Gasteiger partial charge in [-0.2, -0.15) is 5.10 Å². The van der Waals surface area contributed by atoms with E-state index in [1.54, 1.807) is 6.07 Å². The van der Waals surface area contributed by atoms with E-state index in [1.807, 2.05) is 32.0 Å². The maximum absolute atomic E-state index is 11.8. The number of carbonyl (C=O) groups excluding carboxylic acids is 1. The Morgan fingerprint density at radius 3 is 2.71 bits per heavy atom. The molecule has 17 heavy (non-hydrogen) atoms. The van der Waals surface area contributed by atoms with Gasteiger partial charge >= 0.3 is 0 Å². The van der Waals surface area contributed by atoms with Crippen LogP contribution in [0.15, 0.2) is 29.4 Å².